The molecule has 3 rings (SSSR count). The van der Waals surface area contributed by atoms with E-state index in [1.165, 1.54) is 0 Å². The van der Waals surface area contributed by atoms with Gasteiger partial charge in [-0.25, -0.2) is 13.8 Å². The maximum absolute atomic E-state index is 13.4. The fourth-order valence-corrected chi connectivity index (χ4v) is 2.68. The van der Waals surface area contributed by atoms with Crippen molar-refractivity contribution in [1.29, 1.82) is 0 Å². The molecule has 0 atom stereocenters. The van der Waals surface area contributed by atoms with E-state index in [1.54, 1.807) is 17.3 Å². The van der Waals surface area contributed by atoms with E-state index in [-0.39, 0.29) is 13.0 Å². The van der Waals surface area contributed by atoms with E-state index < -0.39 is 5.92 Å². The number of halogens is 2. The van der Waals surface area contributed by atoms with Crippen LogP contribution < -0.4 is 4.90 Å². The quantitative estimate of drug-likeness (QED) is 0.939. The topological polar surface area (TPSA) is 44.8 Å². The highest BCUT2D eigenvalue weighted by molar-refractivity contribution is 5.69. The van der Waals surface area contributed by atoms with Crippen molar-refractivity contribution < 1.29 is 8.78 Å². The van der Waals surface area contributed by atoms with Crippen LogP contribution in [0.4, 0.5) is 14.6 Å². The van der Waals surface area contributed by atoms with Gasteiger partial charge in [0.05, 0.1) is 12.2 Å². The largest absolute Gasteiger partial charge is 0.350 e. The van der Waals surface area contributed by atoms with Crippen LogP contribution in [0.15, 0.2) is 24.5 Å². The van der Waals surface area contributed by atoms with Gasteiger partial charge in [0.25, 0.3) is 5.92 Å². The van der Waals surface area contributed by atoms with Gasteiger partial charge in [0.2, 0.25) is 0 Å². The van der Waals surface area contributed by atoms with Crippen LogP contribution in [0.1, 0.15) is 18.9 Å². The number of hydrogen-bond acceptors (Lipinski definition) is 3. The number of rotatable bonds is 3. The van der Waals surface area contributed by atoms with E-state index in [1.807, 2.05) is 19.1 Å². The summed E-state index contributed by atoms with van der Waals surface area (Å²) >= 11 is 0. The average Bonchev–Trinajstić information content (AvgIpc) is 3.07. The summed E-state index contributed by atoms with van der Waals surface area (Å²) in [4.78, 5) is 6.01. The summed E-state index contributed by atoms with van der Waals surface area (Å²) in [5, 5.41) is 6.86. The monoisotopic (exact) mass is 278 g/mol. The zero-order valence-electron chi connectivity index (χ0n) is 11.2. The van der Waals surface area contributed by atoms with Crippen molar-refractivity contribution in [3.8, 4) is 11.3 Å². The second-order valence-corrected chi connectivity index (χ2v) is 5.01. The van der Waals surface area contributed by atoms with Crippen LogP contribution >= 0.6 is 0 Å². The van der Waals surface area contributed by atoms with Crippen molar-refractivity contribution >= 4 is 5.82 Å². The van der Waals surface area contributed by atoms with Crippen LogP contribution in [-0.4, -0.2) is 34.2 Å². The van der Waals surface area contributed by atoms with Crippen LogP contribution in [0.2, 0.25) is 0 Å². The fourth-order valence-electron chi connectivity index (χ4n) is 2.68. The van der Waals surface area contributed by atoms with E-state index >= 15 is 0 Å². The molecule has 0 spiro atoms. The number of anilines is 1. The van der Waals surface area contributed by atoms with Crippen molar-refractivity contribution in [2.24, 2.45) is 0 Å². The number of nitrogens with zero attached hydrogens (tertiary/aromatic N) is 3. The maximum Gasteiger partial charge on any atom is 0.266 e. The van der Waals surface area contributed by atoms with Crippen LogP contribution in [0, 0.1) is 0 Å². The highest BCUT2D eigenvalue weighted by atomic mass is 19.3. The minimum atomic E-state index is -2.61. The second kappa shape index (κ2) is 4.85. The highest BCUT2D eigenvalue weighted by Gasteiger charge is 2.39. The Balaban J connectivity index is 2.02. The molecule has 6 heteroatoms. The van der Waals surface area contributed by atoms with E-state index in [9.17, 15) is 8.78 Å². The summed E-state index contributed by atoms with van der Waals surface area (Å²) in [6, 6.07) is 3.76. The Morgan fingerprint density at radius 2 is 2.20 bits per heavy atom. The summed E-state index contributed by atoms with van der Waals surface area (Å²) in [5.74, 6) is -1.95. The van der Waals surface area contributed by atoms with Crippen molar-refractivity contribution in [1.82, 2.24) is 15.2 Å². The van der Waals surface area contributed by atoms with Crippen LogP contribution in [0.25, 0.3) is 11.3 Å². The minimum Gasteiger partial charge on any atom is -0.350 e. The SMILES string of the molecule is CCc1c(-c2ccn[nH]2)ccnc1N1CCC(F)(F)C1. The average molecular weight is 278 g/mol. The summed E-state index contributed by atoms with van der Waals surface area (Å²) in [5.41, 5.74) is 2.84. The first-order valence-corrected chi connectivity index (χ1v) is 6.71. The van der Waals surface area contributed by atoms with Gasteiger partial charge in [-0.15, -0.1) is 0 Å². The smallest absolute Gasteiger partial charge is 0.266 e. The van der Waals surface area contributed by atoms with Gasteiger partial charge in [0, 0.05) is 36.5 Å². The number of hydrogen-bond donors (Lipinski definition) is 1. The highest BCUT2D eigenvalue weighted by Crippen LogP contribution is 2.34. The van der Waals surface area contributed by atoms with Crippen LogP contribution in [0.3, 0.4) is 0 Å². The third kappa shape index (κ3) is 2.26. The number of H-pyrrole nitrogens is 1. The molecule has 1 aliphatic heterocycles. The fraction of sp³-hybridized carbons (Fsp3) is 0.429. The second-order valence-electron chi connectivity index (χ2n) is 5.01. The predicted molar refractivity (Wildman–Crippen MR) is 73.0 cm³/mol. The Morgan fingerprint density at radius 1 is 1.35 bits per heavy atom. The maximum atomic E-state index is 13.4. The van der Waals surface area contributed by atoms with E-state index in [4.69, 9.17) is 0 Å². The Kier molecular flexibility index (Phi) is 3.16. The number of aromatic amines is 1. The zero-order chi connectivity index (χ0) is 14.2. The molecule has 0 unspecified atom stereocenters. The molecule has 1 saturated heterocycles. The Labute approximate surface area is 115 Å². The lowest BCUT2D eigenvalue weighted by molar-refractivity contribution is 0.0256. The lowest BCUT2D eigenvalue weighted by Crippen LogP contribution is -2.26. The molecule has 1 N–H and O–H groups in total. The molecule has 2 aromatic heterocycles. The van der Waals surface area contributed by atoms with Crippen molar-refractivity contribution in [2.45, 2.75) is 25.7 Å². The van der Waals surface area contributed by atoms with E-state index in [2.05, 4.69) is 15.2 Å². The van der Waals surface area contributed by atoms with Gasteiger partial charge < -0.3 is 4.90 Å². The van der Waals surface area contributed by atoms with Crippen LogP contribution in [0.5, 0.6) is 0 Å². The van der Waals surface area contributed by atoms with Gasteiger partial charge in [-0.3, -0.25) is 5.10 Å². The summed E-state index contributed by atoms with van der Waals surface area (Å²) < 4.78 is 26.8. The van der Waals surface area contributed by atoms with Gasteiger partial charge in [-0.05, 0) is 18.6 Å². The zero-order valence-corrected chi connectivity index (χ0v) is 11.2. The summed E-state index contributed by atoms with van der Waals surface area (Å²) in [6.45, 7) is 2.10. The predicted octanol–water partition coefficient (Wildman–Crippen LogP) is 2.88. The van der Waals surface area contributed by atoms with Gasteiger partial charge in [-0.1, -0.05) is 6.92 Å². The molecule has 106 valence electrons. The van der Waals surface area contributed by atoms with E-state index in [0.29, 0.717) is 12.4 Å². The van der Waals surface area contributed by atoms with Crippen molar-refractivity contribution in [2.75, 3.05) is 18.0 Å². The Morgan fingerprint density at radius 3 is 2.80 bits per heavy atom. The summed E-state index contributed by atoms with van der Waals surface area (Å²) in [6.07, 6.45) is 3.98. The van der Waals surface area contributed by atoms with Gasteiger partial charge >= 0.3 is 0 Å². The molecular weight excluding hydrogens is 262 g/mol. The Hall–Kier alpha value is -1.98. The van der Waals surface area contributed by atoms with Crippen molar-refractivity contribution in [3.05, 3.63) is 30.1 Å². The molecule has 0 radical (unpaired) electrons. The normalized spacial score (nSPS) is 17.6. The van der Waals surface area contributed by atoms with E-state index in [0.717, 1.165) is 23.2 Å². The number of alkyl halides is 2. The molecule has 0 saturated carbocycles. The molecule has 1 aliphatic rings. The van der Waals surface area contributed by atoms with Gasteiger partial charge in [0.1, 0.15) is 5.82 Å². The van der Waals surface area contributed by atoms with Gasteiger partial charge in [0.15, 0.2) is 0 Å². The number of pyridine rings is 1. The lowest BCUT2D eigenvalue weighted by atomic mass is 10.0. The number of nitrogens with one attached hydrogen (secondary N) is 1. The Bertz CT molecular complexity index is 595. The molecule has 20 heavy (non-hydrogen) atoms. The van der Waals surface area contributed by atoms with Gasteiger partial charge in [-0.2, -0.15) is 5.10 Å². The minimum absolute atomic E-state index is 0.105. The standard InChI is InChI=1S/C14H16F2N4/c1-2-10-11(12-4-7-18-19-12)3-6-17-13(10)20-8-5-14(15,16)9-20/h3-4,6-7H,2,5,8-9H2,1H3,(H,18,19). The molecule has 0 aromatic carbocycles. The first-order valence-electron chi connectivity index (χ1n) is 6.71. The molecule has 2 aromatic rings. The first kappa shape index (κ1) is 13.0. The number of aromatic nitrogens is 3. The molecule has 0 aliphatic carbocycles. The third-order valence-corrected chi connectivity index (χ3v) is 3.65. The molecule has 3 heterocycles. The first-order chi connectivity index (χ1) is 9.61. The molecule has 1 fully saturated rings. The van der Waals surface area contributed by atoms with Crippen molar-refractivity contribution in [3.63, 3.8) is 0 Å². The third-order valence-electron chi connectivity index (χ3n) is 3.65. The molecule has 0 bridgehead atoms. The van der Waals surface area contributed by atoms with Crippen LogP contribution in [-0.2, 0) is 6.42 Å². The molecule has 0 amide bonds. The summed E-state index contributed by atoms with van der Waals surface area (Å²) in [7, 11) is 0. The lowest BCUT2D eigenvalue weighted by Gasteiger charge is -2.21. The molecule has 4 nitrogen and oxygen atoms in total. The molecular formula is C14H16F2N4.